The van der Waals surface area contributed by atoms with Crippen molar-refractivity contribution in [2.45, 2.75) is 0 Å². The highest BCUT2D eigenvalue weighted by molar-refractivity contribution is 6.30. The zero-order valence-electron chi connectivity index (χ0n) is 6.13. The molecule has 0 saturated carbocycles. The number of ether oxygens (including phenoxy) is 1. The second-order valence-electron chi connectivity index (χ2n) is 1.90. The third-order valence-corrected chi connectivity index (χ3v) is 1.40. The van der Waals surface area contributed by atoms with Crippen LogP contribution < -0.4 is 5.56 Å². The van der Waals surface area contributed by atoms with Gasteiger partial charge in [0.25, 0.3) is 5.56 Å². The van der Waals surface area contributed by atoms with Crippen LogP contribution in [-0.4, -0.2) is 23.0 Å². The molecule has 5 nitrogen and oxygen atoms in total. The van der Waals surface area contributed by atoms with Crippen LogP contribution in [0.15, 0.2) is 11.0 Å². The van der Waals surface area contributed by atoms with Gasteiger partial charge in [-0.3, -0.25) is 9.78 Å². The maximum absolute atomic E-state index is 10.8. The summed E-state index contributed by atoms with van der Waals surface area (Å²) in [7, 11) is 1.19. The molecule has 1 heterocycles. The molecule has 0 aliphatic carbocycles. The van der Waals surface area contributed by atoms with Crippen molar-refractivity contribution in [2.75, 3.05) is 7.11 Å². The van der Waals surface area contributed by atoms with E-state index in [0.29, 0.717) is 0 Å². The predicted octanol–water partition coefficient (Wildman–Crippen LogP) is 0.210. The van der Waals surface area contributed by atoms with Crippen LogP contribution in [0.3, 0.4) is 0 Å². The molecule has 0 aliphatic rings. The summed E-state index contributed by atoms with van der Waals surface area (Å²) in [5, 5.41) is -0.0670. The summed E-state index contributed by atoms with van der Waals surface area (Å²) < 4.78 is 4.32. The lowest BCUT2D eigenvalue weighted by Gasteiger charge is -1.96. The van der Waals surface area contributed by atoms with Gasteiger partial charge in [-0.2, -0.15) is 0 Å². The van der Waals surface area contributed by atoms with Gasteiger partial charge >= 0.3 is 5.97 Å². The fourth-order valence-corrected chi connectivity index (χ4v) is 0.676. The van der Waals surface area contributed by atoms with Crippen LogP contribution >= 0.6 is 11.6 Å². The van der Waals surface area contributed by atoms with Gasteiger partial charge in [0.15, 0.2) is 0 Å². The van der Waals surface area contributed by atoms with Crippen molar-refractivity contribution in [3.8, 4) is 0 Å². The number of esters is 1. The molecule has 0 unspecified atom stereocenters. The molecule has 0 spiro atoms. The molecule has 64 valence electrons. The molecule has 0 aliphatic heterocycles. The van der Waals surface area contributed by atoms with Crippen LogP contribution in [-0.2, 0) is 4.74 Å². The lowest BCUT2D eigenvalue weighted by Crippen LogP contribution is -2.16. The molecule has 12 heavy (non-hydrogen) atoms. The van der Waals surface area contributed by atoms with Gasteiger partial charge in [-0.05, 0) is 0 Å². The number of nitrogens with one attached hydrogen (secondary N) is 1. The van der Waals surface area contributed by atoms with Crippen LogP contribution in [0, 0.1) is 0 Å². The van der Waals surface area contributed by atoms with Crippen molar-refractivity contribution in [2.24, 2.45) is 0 Å². The predicted molar refractivity (Wildman–Crippen MR) is 41.2 cm³/mol. The zero-order chi connectivity index (χ0) is 9.14. The number of carbonyl (C=O) groups is 1. The van der Waals surface area contributed by atoms with E-state index in [1.54, 1.807) is 0 Å². The lowest BCUT2D eigenvalue weighted by atomic mass is 10.5. The van der Waals surface area contributed by atoms with Gasteiger partial charge in [0.1, 0.15) is 5.02 Å². The Bertz CT molecular complexity index is 360. The van der Waals surface area contributed by atoms with E-state index in [1.807, 2.05) is 0 Å². The number of rotatable bonds is 1. The van der Waals surface area contributed by atoms with Crippen molar-refractivity contribution in [1.82, 2.24) is 9.97 Å². The lowest BCUT2D eigenvalue weighted by molar-refractivity contribution is 0.0586. The normalized spacial score (nSPS) is 9.50. The minimum absolute atomic E-state index is 0.0670. The molecule has 1 aromatic heterocycles. The maximum atomic E-state index is 10.8. The number of carbonyl (C=O) groups excluding carboxylic acids is 1. The van der Waals surface area contributed by atoms with E-state index in [4.69, 9.17) is 11.6 Å². The average molecular weight is 189 g/mol. The molecule has 1 rings (SSSR count). The van der Waals surface area contributed by atoms with Crippen molar-refractivity contribution in [3.05, 3.63) is 27.4 Å². The smallest absolute Gasteiger partial charge is 0.374 e. The summed E-state index contributed by atoms with van der Waals surface area (Å²) in [5.74, 6) is -0.865. The van der Waals surface area contributed by atoms with Crippen LogP contribution in [0.4, 0.5) is 0 Å². The Kier molecular flexibility index (Phi) is 2.44. The van der Waals surface area contributed by atoms with Crippen molar-refractivity contribution in [3.63, 3.8) is 0 Å². The van der Waals surface area contributed by atoms with Gasteiger partial charge in [-0.25, -0.2) is 9.78 Å². The first-order chi connectivity index (χ1) is 5.65. The number of hydrogen-bond donors (Lipinski definition) is 1. The number of aromatic amines is 1. The second kappa shape index (κ2) is 3.36. The monoisotopic (exact) mass is 188 g/mol. The Hall–Kier alpha value is -1.36. The number of H-pyrrole nitrogens is 1. The van der Waals surface area contributed by atoms with Gasteiger partial charge in [-0.1, -0.05) is 11.6 Å². The third-order valence-electron chi connectivity index (χ3n) is 1.13. The molecular formula is C6H5ClN2O3. The Morgan fingerprint density at radius 2 is 2.42 bits per heavy atom. The van der Waals surface area contributed by atoms with Crippen molar-refractivity contribution < 1.29 is 9.53 Å². The minimum atomic E-state index is -0.705. The van der Waals surface area contributed by atoms with E-state index >= 15 is 0 Å². The molecule has 0 bridgehead atoms. The molecule has 6 heteroatoms. The van der Waals surface area contributed by atoms with Crippen molar-refractivity contribution in [1.29, 1.82) is 0 Å². The summed E-state index contributed by atoms with van der Waals surface area (Å²) in [5.41, 5.74) is -0.563. The molecule has 0 radical (unpaired) electrons. The molecule has 1 aromatic rings. The molecule has 0 fully saturated rings. The van der Waals surface area contributed by atoms with Crippen LogP contribution in [0.2, 0.25) is 5.02 Å². The van der Waals surface area contributed by atoms with E-state index in [0.717, 1.165) is 6.20 Å². The number of aromatic nitrogens is 2. The Morgan fingerprint density at radius 1 is 1.75 bits per heavy atom. The highest BCUT2D eigenvalue weighted by atomic mass is 35.5. The van der Waals surface area contributed by atoms with E-state index in [9.17, 15) is 9.59 Å². The number of methoxy groups -OCH3 is 1. The van der Waals surface area contributed by atoms with Gasteiger partial charge in [-0.15, -0.1) is 0 Å². The topological polar surface area (TPSA) is 72.0 Å². The first kappa shape index (κ1) is 8.73. The first-order valence-corrected chi connectivity index (χ1v) is 3.36. The number of halogens is 1. The van der Waals surface area contributed by atoms with Crippen LogP contribution in [0.1, 0.15) is 10.6 Å². The van der Waals surface area contributed by atoms with E-state index in [1.165, 1.54) is 7.11 Å². The quantitative estimate of drug-likeness (QED) is 0.640. The second-order valence-corrected chi connectivity index (χ2v) is 2.31. The standard InChI is InChI=1S/C6H5ClN2O3/c1-12-6(11)4-8-2-3(7)5(10)9-4/h2H,1H3,(H,8,9,10). The third kappa shape index (κ3) is 1.62. The summed E-state index contributed by atoms with van der Waals surface area (Å²) >= 11 is 5.37. The fourth-order valence-electron chi connectivity index (χ4n) is 0.580. The summed E-state index contributed by atoms with van der Waals surface area (Å²) in [6, 6.07) is 0. The van der Waals surface area contributed by atoms with Crippen LogP contribution in [0.25, 0.3) is 0 Å². The molecular weight excluding hydrogens is 184 g/mol. The highest BCUT2D eigenvalue weighted by Gasteiger charge is 2.08. The minimum Gasteiger partial charge on any atom is -0.463 e. The van der Waals surface area contributed by atoms with Crippen molar-refractivity contribution >= 4 is 17.6 Å². The molecule has 0 amide bonds. The summed E-state index contributed by atoms with van der Waals surface area (Å²) in [6.07, 6.45) is 1.09. The largest absolute Gasteiger partial charge is 0.463 e. The summed E-state index contributed by atoms with van der Waals surface area (Å²) in [6.45, 7) is 0. The zero-order valence-corrected chi connectivity index (χ0v) is 6.88. The number of hydrogen-bond acceptors (Lipinski definition) is 4. The van der Waals surface area contributed by atoms with Crippen LogP contribution in [0.5, 0.6) is 0 Å². The Balaban J connectivity index is 3.13. The van der Waals surface area contributed by atoms with Gasteiger partial charge in [0, 0.05) is 0 Å². The van der Waals surface area contributed by atoms with E-state index in [2.05, 4.69) is 14.7 Å². The first-order valence-electron chi connectivity index (χ1n) is 2.98. The highest BCUT2D eigenvalue weighted by Crippen LogP contribution is 1.97. The summed E-state index contributed by atoms with van der Waals surface area (Å²) in [4.78, 5) is 27.3. The van der Waals surface area contributed by atoms with Gasteiger partial charge in [0.2, 0.25) is 5.82 Å². The molecule has 0 saturated heterocycles. The fraction of sp³-hybridized carbons (Fsp3) is 0.167. The Labute approximate surface area is 72.3 Å². The number of nitrogens with zero attached hydrogens (tertiary/aromatic N) is 1. The average Bonchev–Trinajstić information content (AvgIpc) is 2.08. The molecule has 1 N–H and O–H groups in total. The van der Waals surface area contributed by atoms with E-state index < -0.39 is 11.5 Å². The van der Waals surface area contributed by atoms with E-state index in [-0.39, 0.29) is 10.8 Å². The van der Waals surface area contributed by atoms with Gasteiger partial charge < -0.3 is 4.74 Å². The van der Waals surface area contributed by atoms with Gasteiger partial charge in [0.05, 0.1) is 13.3 Å². The molecule has 0 aromatic carbocycles. The Morgan fingerprint density at radius 3 is 2.92 bits per heavy atom. The SMILES string of the molecule is COC(=O)c1ncc(Cl)c(=O)[nH]1. The maximum Gasteiger partial charge on any atom is 0.374 e. The molecule has 0 atom stereocenters.